The Bertz CT molecular complexity index is 1540. The second-order valence-electron chi connectivity index (χ2n) is 9.05. The van der Waals surface area contributed by atoms with Gasteiger partial charge in [-0.25, -0.2) is 26.9 Å². The van der Waals surface area contributed by atoms with Crippen LogP contribution in [0.25, 0.3) is 0 Å². The van der Waals surface area contributed by atoms with Crippen molar-refractivity contribution >= 4 is 17.9 Å². The quantitative estimate of drug-likeness (QED) is 0.0882. The van der Waals surface area contributed by atoms with Crippen molar-refractivity contribution in [2.45, 2.75) is 11.2 Å². The number of hydrogen-bond donors (Lipinski definition) is 1. The van der Waals surface area contributed by atoms with Gasteiger partial charge in [-0.3, -0.25) is 8.77 Å². The van der Waals surface area contributed by atoms with E-state index in [2.05, 4.69) is 46.7 Å². The van der Waals surface area contributed by atoms with Crippen LogP contribution in [0.4, 0.5) is 22.0 Å². The van der Waals surface area contributed by atoms with Crippen LogP contribution in [0.1, 0.15) is 32.7 Å². The average molecular weight is 580 g/mol. The highest BCUT2D eigenvalue weighted by molar-refractivity contribution is 7.99. The lowest BCUT2D eigenvalue weighted by atomic mass is 9.84. The van der Waals surface area contributed by atoms with E-state index in [-0.39, 0.29) is 13.0 Å². The van der Waals surface area contributed by atoms with Crippen LogP contribution in [0, 0.1) is 29.1 Å². The second-order valence-corrected chi connectivity index (χ2v) is 10.3. The minimum absolute atomic E-state index is 0.143. The van der Waals surface area contributed by atoms with Crippen molar-refractivity contribution in [3.05, 3.63) is 161 Å². The van der Waals surface area contributed by atoms with E-state index in [0.29, 0.717) is 5.69 Å². The summed E-state index contributed by atoms with van der Waals surface area (Å²) in [5.41, 5.74) is 2.12. The molecule has 0 radical (unpaired) electrons. The zero-order valence-electron chi connectivity index (χ0n) is 21.3. The van der Waals surface area contributed by atoms with Crippen LogP contribution in [-0.2, 0) is 11.2 Å². The standard InChI is InChI=1S/C31H22F5N3OS/c32-25-24(26(33)28(35)29(36)27(25)34)30(40)37-17-16-23-18-39(19-38-23)41-31(20-10-4-1-5-11-20,21-12-6-2-7-13-21)22-14-8-3-9-15-22/h1-15,18-19H,16-17H2,(H,37,40). The Morgan fingerprint density at radius 2 is 1.15 bits per heavy atom. The molecule has 0 bridgehead atoms. The number of amides is 1. The molecular weight excluding hydrogens is 557 g/mol. The van der Waals surface area contributed by atoms with Crippen LogP contribution in [0.5, 0.6) is 0 Å². The number of nitrogens with one attached hydrogen (secondary N) is 1. The summed E-state index contributed by atoms with van der Waals surface area (Å²) in [5.74, 6) is -12.5. The highest BCUT2D eigenvalue weighted by atomic mass is 32.2. The molecule has 0 aliphatic carbocycles. The van der Waals surface area contributed by atoms with E-state index in [1.807, 2.05) is 58.6 Å². The SMILES string of the molecule is O=C(NCCc1cn(SC(c2ccccc2)(c2ccccc2)c2ccccc2)cn1)c1c(F)c(F)c(F)c(F)c1F. The van der Waals surface area contributed by atoms with Crippen molar-refractivity contribution < 1.29 is 26.7 Å². The molecule has 5 aromatic rings. The average Bonchev–Trinajstić information content (AvgIpc) is 3.46. The molecular formula is C31H22F5N3OS. The number of imidazole rings is 1. The predicted molar refractivity (Wildman–Crippen MR) is 147 cm³/mol. The van der Waals surface area contributed by atoms with Gasteiger partial charge in [0.15, 0.2) is 23.3 Å². The number of nitrogens with zero attached hydrogens (tertiary/aromatic N) is 2. The molecule has 0 saturated carbocycles. The zero-order valence-corrected chi connectivity index (χ0v) is 22.1. The Kier molecular flexibility index (Phi) is 8.21. The molecule has 10 heteroatoms. The van der Waals surface area contributed by atoms with E-state index < -0.39 is 45.3 Å². The zero-order chi connectivity index (χ0) is 29.0. The van der Waals surface area contributed by atoms with Gasteiger partial charge in [0.2, 0.25) is 5.82 Å². The van der Waals surface area contributed by atoms with Gasteiger partial charge in [0.1, 0.15) is 16.6 Å². The summed E-state index contributed by atoms with van der Waals surface area (Å²) in [6.07, 6.45) is 3.53. The van der Waals surface area contributed by atoms with Gasteiger partial charge in [0.25, 0.3) is 5.91 Å². The molecule has 0 fully saturated rings. The maximum absolute atomic E-state index is 14.0. The van der Waals surface area contributed by atoms with E-state index in [9.17, 15) is 26.7 Å². The van der Waals surface area contributed by atoms with E-state index >= 15 is 0 Å². The minimum Gasteiger partial charge on any atom is -0.351 e. The van der Waals surface area contributed by atoms with Crippen molar-refractivity contribution in [2.75, 3.05) is 6.54 Å². The van der Waals surface area contributed by atoms with E-state index in [1.165, 1.54) is 11.9 Å². The molecule has 0 atom stereocenters. The van der Waals surface area contributed by atoms with Gasteiger partial charge in [-0.15, -0.1) is 0 Å². The number of carbonyl (C=O) groups is 1. The maximum Gasteiger partial charge on any atom is 0.257 e. The van der Waals surface area contributed by atoms with Crippen molar-refractivity contribution in [1.82, 2.24) is 14.3 Å². The van der Waals surface area contributed by atoms with Crippen LogP contribution in [0.2, 0.25) is 0 Å². The lowest BCUT2D eigenvalue weighted by Crippen LogP contribution is -2.29. The van der Waals surface area contributed by atoms with E-state index in [4.69, 9.17) is 0 Å². The number of halogens is 5. The van der Waals surface area contributed by atoms with Crippen LogP contribution < -0.4 is 5.32 Å². The third-order valence-corrected chi connectivity index (χ3v) is 7.89. The first-order valence-corrected chi connectivity index (χ1v) is 13.3. The monoisotopic (exact) mass is 579 g/mol. The molecule has 1 heterocycles. The summed E-state index contributed by atoms with van der Waals surface area (Å²) in [6, 6.07) is 30.0. The van der Waals surface area contributed by atoms with Crippen molar-refractivity contribution in [3.63, 3.8) is 0 Å². The first-order chi connectivity index (χ1) is 19.8. The van der Waals surface area contributed by atoms with E-state index in [0.717, 1.165) is 16.7 Å². The number of aromatic nitrogens is 2. The van der Waals surface area contributed by atoms with Gasteiger partial charge < -0.3 is 5.32 Å². The lowest BCUT2D eigenvalue weighted by Gasteiger charge is -2.35. The van der Waals surface area contributed by atoms with Crippen LogP contribution >= 0.6 is 11.9 Å². The molecule has 5 rings (SSSR count). The molecule has 1 aromatic heterocycles. The summed E-state index contributed by atoms with van der Waals surface area (Å²) < 4.78 is 69.5. The largest absolute Gasteiger partial charge is 0.351 e. The van der Waals surface area contributed by atoms with Gasteiger partial charge in [-0.05, 0) is 28.6 Å². The van der Waals surface area contributed by atoms with Gasteiger partial charge in [0, 0.05) is 19.2 Å². The van der Waals surface area contributed by atoms with Crippen molar-refractivity contribution in [1.29, 1.82) is 0 Å². The fourth-order valence-electron chi connectivity index (χ4n) is 4.56. The molecule has 1 amide bonds. The fourth-order valence-corrected chi connectivity index (χ4v) is 5.86. The first-order valence-electron chi connectivity index (χ1n) is 12.5. The predicted octanol–water partition coefficient (Wildman–Crippen LogP) is 7.04. The first kappa shape index (κ1) is 28.1. The molecule has 4 aromatic carbocycles. The van der Waals surface area contributed by atoms with Crippen molar-refractivity contribution in [3.8, 4) is 0 Å². The molecule has 0 saturated heterocycles. The molecule has 1 N–H and O–H groups in total. The molecule has 0 unspecified atom stereocenters. The molecule has 208 valence electrons. The van der Waals surface area contributed by atoms with Gasteiger partial charge in [-0.1, -0.05) is 91.0 Å². The maximum atomic E-state index is 14.0. The van der Waals surface area contributed by atoms with E-state index in [1.54, 1.807) is 12.5 Å². The highest BCUT2D eigenvalue weighted by Crippen LogP contribution is 2.48. The Labute approximate surface area is 237 Å². The number of hydrogen-bond acceptors (Lipinski definition) is 3. The molecule has 0 spiro atoms. The molecule has 41 heavy (non-hydrogen) atoms. The summed E-state index contributed by atoms with van der Waals surface area (Å²) >= 11 is 1.51. The Morgan fingerprint density at radius 1 is 0.707 bits per heavy atom. The molecule has 0 aliphatic rings. The van der Waals surface area contributed by atoms with Gasteiger partial charge in [-0.2, -0.15) is 0 Å². The summed E-state index contributed by atoms with van der Waals surface area (Å²) in [4.78, 5) is 16.7. The molecule has 4 nitrogen and oxygen atoms in total. The summed E-state index contributed by atoms with van der Waals surface area (Å²) in [6.45, 7) is -0.152. The topological polar surface area (TPSA) is 46.9 Å². The normalized spacial score (nSPS) is 11.4. The van der Waals surface area contributed by atoms with Crippen LogP contribution in [0.3, 0.4) is 0 Å². The smallest absolute Gasteiger partial charge is 0.257 e. The third kappa shape index (κ3) is 5.47. The Morgan fingerprint density at radius 3 is 1.61 bits per heavy atom. The van der Waals surface area contributed by atoms with Gasteiger partial charge >= 0.3 is 0 Å². The lowest BCUT2D eigenvalue weighted by molar-refractivity contribution is 0.0942. The highest BCUT2D eigenvalue weighted by Gasteiger charge is 2.38. The summed E-state index contributed by atoms with van der Waals surface area (Å²) in [7, 11) is 0. The second kappa shape index (κ2) is 12.0. The Balaban J connectivity index is 1.39. The third-order valence-electron chi connectivity index (χ3n) is 6.50. The fraction of sp³-hybridized carbons (Fsp3) is 0.0968. The number of benzene rings is 4. The van der Waals surface area contributed by atoms with Gasteiger partial charge in [0.05, 0.1) is 5.69 Å². The molecule has 0 aliphatic heterocycles. The minimum atomic E-state index is -2.32. The van der Waals surface area contributed by atoms with Crippen LogP contribution in [0.15, 0.2) is 104 Å². The summed E-state index contributed by atoms with van der Waals surface area (Å²) in [5, 5.41) is 2.21. The Hall–Kier alpha value is -4.44. The number of carbonyl (C=O) groups excluding carboxylic acids is 1. The van der Waals surface area contributed by atoms with Crippen molar-refractivity contribution in [2.24, 2.45) is 0 Å². The van der Waals surface area contributed by atoms with Crippen LogP contribution in [-0.4, -0.2) is 21.4 Å². The number of rotatable bonds is 9.